The minimum absolute atomic E-state index is 0.0352. The van der Waals surface area contributed by atoms with Gasteiger partial charge in [-0.1, -0.05) is 20.8 Å². The van der Waals surface area contributed by atoms with Crippen LogP contribution in [0.1, 0.15) is 33.6 Å². The Hall–Kier alpha value is -1.14. The number of hydrogen-bond donors (Lipinski definition) is 1. The quantitative estimate of drug-likeness (QED) is 0.804. The summed E-state index contributed by atoms with van der Waals surface area (Å²) >= 11 is 0. The molecule has 2 rings (SSSR count). The highest BCUT2D eigenvalue weighted by atomic mass is 16.5. The highest BCUT2D eigenvalue weighted by molar-refractivity contribution is 5.84. The molecule has 0 spiro atoms. The minimum atomic E-state index is -0.523. The van der Waals surface area contributed by atoms with Crippen molar-refractivity contribution in [2.75, 3.05) is 39.4 Å². The Morgan fingerprint density at radius 1 is 1.14 bits per heavy atom. The first kappa shape index (κ1) is 17.2. The second-order valence-electron chi connectivity index (χ2n) is 7.40. The van der Waals surface area contributed by atoms with Gasteiger partial charge in [-0.15, -0.1) is 0 Å². The van der Waals surface area contributed by atoms with Crippen molar-refractivity contribution in [3.63, 3.8) is 0 Å². The summed E-state index contributed by atoms with van der Waals surface area (Å²) in [5, 5.41) is 0. The molecule has 2 atom stereocenters. The summed E-state index contributed by atoms with van der Waals surface area (Å²) in [5.41, 5.74) is 5.82. The highest BCUT2D eigenvalue weighted by Crippen LogP contribution is 2.24. The van der Waals surface area contributed by atoms with Crippen LogP contribution in [-0.4, -0.2) is 67.0 Å². The lowest BCUT2D eigenvalue weighted by molar-refractivity contribution is -0.145. The second-order valence-corrected chi connectivity index (χ2v) is 7.40. The molecule has 0 aromatic carbocycles. The van der Waals surface area contributed by atoms with Gasteiger partial charge in [0.25, 0.3) is 0 Å². The van der Waals surface area contributed by atoms with Crippen molar-refractivity contribution in [3.05, 3.63) is 0 Å². The molecule has 2 N–H and O–H groups in total. The van der Waals surface area contributed by atoms with E-state index in [0.29, 0.717) is 39.4 Å². The number of piperidine rings is 1. The third-order valence-electron chi connectivity index (χ3n) is 4.60. The van der Waals surface area contributed by atoms with Crippen LogP contribution in [0, 0.1) is 11.3 Å². The summed E-state index contributed by atoms with van der Waals surface area (Å²) in [6, 6.07) is -0.523. The Morgan fingerprint density at radius 2 is 1.77 bits per heavy atom. The van der Waals surface area contributed by atoms with Crippen LogP contribution in [0.4, 0.5) is 0 Å². The van der Waals surface area contributed by atoms with E-state index in [0.717, 1.165) is 12.8 Å². The minimum Gasteiger partial charge on any atom is -0.378 e. The molecule has 0 radical (unpaired) electrons. The van der Waals surface area contributed by atoms with Crippen molar-refractivity contribution in [3.8, 4) is 0 Å². The van der Waals surface area contributed by atoms with Crippen molar-refractivity contribution in [2.24, 2.45) is 17.1 Å². The van der Waals surface area contributed by atoms with E-state index < -0.39 is 6.04 Å². The van der Waals surface area contributed by atoms with Crippen LogP contribution in [0.15, 0.2) is 0 Å². The Kier molecular flexibility index (Phi) is 5.45. The normalized spacial score (nSPS) is 25.0. The first-order chi connectivity index (χ1) is 10.3. The maximum Gasteiger partial charge on any atom is 0.240 e. The van der Waals surface area contributed by atoms with E-state index in [4.69, 9.17) is 10.5 Å². The number of nitrogens with zero attached hydrogens (tertiary/aromatic N) is 2. The molecule has 126 valence electrons. The van der Waals surface area contributed by atoms with Crippen molar-refractivity contribution in [2.45, 2.75) is 39.7 Å². The predicted molar refractivity (Wildman–Crippen MR) is 84.1 cm³/mol. The average Bonchev–Trinajstić information content (AvgIpc) is 2.53. The van der Waals surface area contributed by atoms with Gasteiger partial charge in [0.15, 0.2) is 0 Å². The molecule has 2 fully saturated rings. The van der Waals surface area contributed by atoms with E-state index in [1.54, 1.807) is 4.90 Å². The molecule has 0 aromatic rings. The van der Waals surface area contributed by atoms with E-state index in [-0.39, 0.29) is 23.1 Å². The molecule has 2 saturated heterocycles. The van der Waals surface area contributed by atoms with E-state index >= 15 is 0 Å². The van der Waals surface area contributed by atoms with E-state index in [9.17, 15) is 9.59 Å². The third kappa shape index (κ3) is 3.98. The molecule has 22 heavy (non-hydrogen) atoms. The SMILES string of the molecule is CC(C)(C)[C@H](N)C(=O)N1CCCC(C(=O)N2CCOCC2)C1. The van der Waals surface area contributed by atoms with Gasteiger partial charge in [0.2, 0.25) is 11.8 Å². The number of amides is 2. The van der Waals surface area contributed by atoms with Crippen LogP contribution >= 0.6 is 0 Å². The van der Waals surface area contributed by atoms with Crippen molar-refractivity contribution in [1.82, 2.24) is 9.80 Å². The average molecular weight is 311 g/mol. The largest absolute Gasteiger partial charge is 0.378 e. The van der Waals surface area contributed by atoms with Crippen molar-refractivity contribution >= 4 is 11.8 Å². The van der Waals surface area contributed by atoms with Crippen LogP contribution in [0.3, 0.4) is 0 Å². The molecule has 1 unspecified atom stereocenters. The molecular weight excluding hydrogens is 282 g/mol. The van der Waals surface area contributed by atoms with Gasteiger partial charge in [-0.25, -0.2) is 0 Å². The molecule has 6 heteroatoms. The van der Waals surface area contributed by atoms with Gasteiger partial charge in [-0.2, -0.15) is 0 Å². The van der Waals surface area contributed by atoms with Crippen LogP contribution in [-0.2, 0) is 14.3 Å². The van der Waals surface area contributed by atoms with Gasteiger partial charge >= 0.3 is 0 Å². The molecule has 0 aromatic heterocycles. The standard InChI is InChI=1S/C16H29N3O3/c1-16(2,3)13(17)15(21)19-6-4-5-12(11-19)14(20)18-7-9-22-10-8-18/h12-13H,4-11,17H2,1-3H3/t12?,13-/m1/s1. The fourth-order valence-electron chi connectivity index (χ4n) is 2.99. The van der Waals surface area contributed by atoms with Gasteiger partial charge in [0.1, 0.15) is 0 Å². The number of ether oxygens (including phenoxy) is 1. The second kappa shape index (κ2) is 6.96. The molecule has 0 aliphatic carbocycles. The molecule has 0 bridgehead atoms. The van der Waals surface area contributed by atoms with E-state index in [1.807, 2.05) is 25.7 Å². The Bertz CT molecular complexity index is 413. The van der Waals surface area contributed by atoms with Gasteiger partial charge in [-0.05, 0) is 18.3 Å². The number of hydrogen-bond acceptors (Lipinski definition) is 4. The zero-order valence-corrected chi connectivity index (χ0v) is 14.0. The molecule has 2 amide bonds. The molecule has 2 aliphatic rings. The number of nitrogens with two attached hydrogens (primary N) is 1. The highest BCUT2D eigenvalue weighted by Gasteiger charge is 2.36. The first-order valence-corrected chi connectivity index (χ1v) is 8.21. The van der Waals surface area contributed by atoms with Gasteiger partial charge in [0, 0.05) is 26.2 Å². The summed E-state index contributed by atoms with van der Waals surface area (Å²) in [4.78, 5) is 28.8. The Labute approximate surface area is 132 Å². The maximum absolute atomic E-state index is 12.6. The van der Waals surface area contributed by atoms with Crippen LogP contribution < -0.4 is 5.73 Å². The summed E-state index contributed by atoms with van der Waals surface area (Å²) in [5.74, 6) is 0.0278. The third-order valence-corrected chi connectivity index (χ3v) is 4.60. The van der Waals surface area contributed by atoms with Gasteiger partial charge in [0.05, 0.1) is 25.2 Å². The lowest BCUT2D eigenvalue weighted by Gasteiger charge is -2.38. The number of morpholine rings is 1. The molecular formula is C16H29N3O3. The van der Waals surface area contributed by atoms with Crippen molar-refractivity contribution < 1.29 is 14.3 Å². The first-order valence-electron chi connectivity index (χ1n) is 8.21. The lowest BCUT2D eigenvalue weighted by atomic mass is 9.85. The number of carbonyl (C=O) groups is 2. The number of likely N-dealkylation sites (tertiary alicyclic amines) is 1. The maximum atomic E-state index is 12.6. The van der Waals surface area contributed by atoms with Crippen LogP contribution in [0.2, 0.25) is 0 Å². The van der Waals surface area contributed by atoms with E-state index in [2.05, 4.69) is 0 Å². The summed E-state index contributed by atoms with van der Waals surface area (Å²) in [6.07, 6.45) is 1.72. The van der Waals surface area contributed by atoms with Gasteiger partial charge < -0.3 is 20.3 Å². The molecule has 2 heterocycles. The fourth-order valence-corrected chi connectivity index (χ4v) is 2.99. The number of carbonyl (C=O) groups excluding carboxylic acids is 2. The molecule has 0 saturated carbocycles. The lowest BCUT2D eigenvalue weighted by Crippen LogP contribution is -2.55. The monoisotopic (exact) mass is 311 g/mol. The topological polar surface area (TPSA) is 75.9 Å². The smallest absolute Gasteiger partial charge is 0.240 e. The zero-order valence-electron chi connectivity index (χ0n) is 14.0. The predicted octanol–water partition coefficient (Wildman–Crippen LogP) is 0.457. The summed E-state index contributed by atoms with van der Waals surface area (Å²) < 4.78 is 5.29. The van der Waals surface area contributed by atoms with Gasteiger partial charge in [-0.3, -0.25) is 9.59 Å². The van der Waals surface area contributed by atoms with E-state index in [1.165, 1.54) is 0 Å². The number of rotatable bonds is 2. The molecule has 2 aliphatic heterocycles. The summed E-state index contributed by atoms with van der Waals surface area (Å²) in [7, 11) is 0. The zero-order chi connectivity index (χ0) is 16.3. The summed E-state index contributed by atoms with van der Waals surface area (Å²) in [6.45, 7) is 9.64. The Morgan fingerprint density at radius 3 is 2.36 bits per heavy atom. The molecule has 6 nitrogen and oxygen atoms in total. The van der Waals surface area contributed by atoms with Crippen LogP contribution in [0.25, 0.3) is 0 Å². The van der Waals surface area contributed by atoms with Crippen molar-refractivity contribution in [1.29, 1.82) is 0 Å². The fraction of sp³-hybridized carbons (Fsp3) is 0.875. The van der Waals surface area contributed by atoms with Crippen LogP contribution in [0.5, 0.6) is 0 Å². The Balaban J connectivity index is 1.96.